The van der Waals surface area contributed by atoms with E-state index in [0.29, 0.717) is 0 Å². The second-order valence-corrected chi connectivity index (χ2v) is 6.67. The predicted molar refractivity (Wildman–Crippen MR) is 82.8 cm³/mol. The molecular weight excluding hydrogens is 330 g/mol. The molecule has 1 aromatic rings. The van der Waals surface area contributed by atoms with Gasteiger partial charge in [-0.3, -0.25) is 0 Å². The van der Waals surface area contributed by atoms with E-state index in [-0.39, 0.29) is 28.7 Å². The minimum atomic E-state index is -3.99. The van der Waals surface area contributed by atoms with E-state index in [1.807, 2.05) is 0 Å². The molecule has 22 heavy (non-hydrogen) atoms. The Morgan fingerprint density at radius 1 is 1.45 bits per heavy atom. The van der Waals surface area contributed by atoms with Gasteiger partial charge in [-0.2, -0.15) is 0 Å². The SMILES string of the molecule is CCOC(=[O+][S-])C(C)S(=O)(=O)c1ccc(N)cc1C(=O)OC. The summed E-state index contributed by atoms with van der Waals surface area (Å²) >= 11 is 4.42. The van der Waals surface area contributed by atoms with Crippen LogP contribution in [0.3, 0.4) is 0 Å². The Balaban J connectivity index is 3.43. The second kappa shape index (κ2) is 7.41. The predicted octanol–water partition coefficient (Wildman–Crippen LogP) is 0.778. The van der Waals surface area contributed by atoms with Crippen molar-refractivity contribution in [1.29, 1.82) is 0 Å². The van der Waals surface area contributed by atoms with Gasteiger partial charge in [0.25, 0.3) is 0 Å². The molecular formula is C13H17NO6S2. The zero-order valence-electron chi connectivity index (χ0n) is 12.4. The van der Waals surface area contributed by atoms with E-state index >= 15 is 0 Å². The van der Waals surface area contributed by atoms with Crippen molar-refractivity contribution in [2.45, 2.75) is 24.0 Å². The molecule has 0 aliphatic heterocycles. The summed E-state index contributed by atoms with van der Waals surface area (Å²) in [6.45, 7) is 3.21. The summed E-state index contributed by atoms with van der Waals surface area (Å²) < 4.78 is 39.6. The molecule has 1 aromatic carbocycles. The summed E-state index contributed by atoms with van der Waals surface area (Å²) in [6.07, 6.45) is 0. The Kier molecular flexibility index (Phi) is 6.12. The fourth-order valence-corrected chi connectivity index (χ4v) is 3.44. The number of esters is 2. The van der Waals surface area contributed by atoms with Crippen molar-refractivity contribution in [2.24, 2.45) is 0 Å². The first-order valence-corrected chi connectivity index (χ1v) is 8.18. The zero-order valence-corrected chi connectivity index (χ0v) is 14.0. The number of carbonyl (C=O) groups excluding carboxylic acids is 2. The van der Waals surface area contributed by atoms with E-state index in [1.54, 1.807) is 6.92 Å². The van der Waals surface area contributed by atoms with Gasteiger partial charge in [0.15, 0.2) is 16.4 Å². The second-order valence-electron chi connectivity index (χ2n) is 4.27. The molecule has 0 saturated carbocycles. The number of hydrogen-bond donors (Lipinski definition) is 1. The first kappa shape index (κ1) is 18.2. The van der Waals surface area contributed by atoms with Crippen LogP contribution in [-0.4, -0.2) is 39.3 Å². The normalized spacial score (nSPS) is 13.5. The van der Waals surface area contributed by atoms with Crippen molar-refractivity contribution < 1.29 is 26.6 Å². The highest BCUT2D eigenvalue weighted by molar-refractivity contribution is 7.92. The lowest BCUT2D eigenvalue weighted by molar-refractivity contribution is -0.261. The Labute approximate surface area is 134 Å². The highest BCUT2D eigenvalue weighted by Gasteiger charge is 2.38. The van der Waals surface area contributed by atoms with E-state index in [0.717, 1.165) is 7.11 Å². The van der Waals surface area contributed by atoms with Gasteiger partial charge in [0.1, 0.15) is 0 Å². The molecule has 0 amide bonds. The van der Waals surface area contributed by atoms with Gasteiger partial charge >= 0.3 is 11.9 Å². The third-order valence-electron chi connectivity index (χ3n) is 2.88. The fraction of sp³-hybridized carbons (Fsp3) is 0.385. The van der Waals surface area contributed by atoms with Gasteiger partial charge < -0.3 is 32.0 Å². The summed E-state index contributed by atoms with van der Waals surface area (Å²) in [6, 6.07) is 3.85. The van der Waals surface area contributed by atoms with Crippen molar-refractivity contribution in [3.8, 4) is 0 Å². The van der Waals surface area contributed by atoms with Gasteiger partial charge in [-0.25, -0.2) is 13.2 Å². The summed E-state index contributed by atoms with van der Waals surface area (Å²) in [4.78, 5) is 11.6. The molecule has 0 fully saturated rings. The lowest BCUT2D eigenvalue weighted by Crippen LogP contribution is -2.31. The molecule has 122 valence electrons. The van der Waals surface area contributed by atoms with Gasteiger partial charge in [0.05, 0.1) is 17.6 Å². The molecule has 0 heterocycles. The number of ether oxygens (including phenoxy) is 2. The van der Waals surface area contributed by atoms with Gasteiger partial charge in [-0.15, -0.1) is 0 Å². The van der Waals surface area contributed by atoms with Crippen LogP contribution in [0.2, 0.25) is 0 Å². The molecule has 9 heteroatoms. The number of rotatable bonds is 5. The molecule has 1 rings (SSSR count). The van der Waals surface area contributed by atoms with Crippen LogP contribution in [0, 0.1) is 0 Å². The highest BCUT2D eigenvalue weighted by Crippen LogP contribution is 2.24. The van der Waals surface area contributed by atoms with E-state index in [9.17, 15) is 13.2 Å². The van der Waals surface area contributed by atoms with Gasteiger partial charge in [-0.05, 0) is 32.0 Å². The number of benzene rings is 1. The van der Waals surface area contributed by atoms with Crippen molar-refractivity contribution in [2.75, 3.05) is 19.5 Å². The minimum absolute atomic E-state index is 0.158. The van der Waals surface area contributed by atoms with Crippen LogP contribution in [0.4, 0.5) is 5.69 Å². The van der Waals surface area contributed by atoms with E-state index in [4.69, 9.17) is 10.5 Å². The lowest BCUT2D eigenvalue weighted by Gasteiger charge is -2.13. The number of methoxy groups -OCH3 is 1. The highest BCUT2D eigenvalue weighted by atomic mass is 32.2. The quantitative estimate of drug-likeness (QED) is 0.363. The topological polar surface area (TPSA) is 107 Å². The smallest absolute Gasteiger partial charge is 0.465 e. The van der Waals surface area contributed by atoms with Crippen molar-refractivity contribution in [3.05, 3.63) is 23.8 Å². The number of sulfone groups is 1. The third-order valence-corrected chi connectivity index (χ3v) is 5.14. The number of carbonyl (C=O) groups is 1. The number of hydrogen-bond acceptors (Lipinski definition) is 7. The Morgan fingerprint density at radius 3 is 2.59 bits per heavy atom. The molecule has 2 N–H and O–H groups in total. The maximum absolute atomic E-state index is 12.7. The maximum atomic E-state index is 12.7. The maximum Gasteiger partial charge on any atom is 0.487 e. The Bertz CT molecular complexity index is 684. The molecule has 0 radical (unpaired) electrons. The van der Waals surface area contributed by atoms with E-state index in [2.05, 4.69) is 21.5 Å². The van der Waals surface area contributed by atoms with E-state index < -0.39 is 21.1 Å². The van der Waals surface area contributed by atoms with Gasteiger partial charge in [0.2, 0.25) is 5.25 Å². The first-order chi connectivity index (χ1) is 10.3. The fourth-order valence-electron chi connectivity index (χ4n) is 1.73. The molecule has 0 spiro atoms. The molecule has 0 saturated heterocycles. The zero-order chi connectivity index (χ0) is 16.9. The van der Waals surface area contributed by atoms with Gasteiger partial charge in [0, 0.05) is 5.69 Å². The summed E-state index contributed by atoms with van der Waals surface area (Å²) in [5, 5.41) is -1.20. The minimum Gasteiger partial charge on any atom is -0.465 e. The average molecular weight is 347 g/mol. The van der Waals surface area contributed by atoms with Crippen LogP contribution in [0.1, 0.15) is 24.2 Å². The first-order valence-electron chi connectivity index (χ1n) is 6.30. The molecule has 1 unspecified atom stereocenters. The van der Waals surface area contributed by atoms with Crippen LogP contribution in [0.5, 0.6) is 0 Å². The van der Waals surface area contributed by atoms with Crippen molar-refractivity contribution >= 4 is 40.4 Å². The van der Waals surface area contributed by atoms with Crippen molar-refractivity contribution in [3.63, 3.8) is 0 Å². The number of nitrogens with two attached hydrogens (primary N) is 1. The summed E-state index contributed by atoms with van der Waals surface area (Å²) in [5.41, 5.74) is 5.68. The summed E-state index contributed by atoms with van der Waals surface area (Å²) in [7, 11) is -2.84. The molecule has 1 atom stereocenters. The largest absolute Gasteiger partial charge is 0.487 e. The number of anilines is 1. The Hall–Kier alpha value is -1.87. The molecule has 0 aliphatic carbocycles. The van der Waals surface area contributed by atoms with Crippen LogP contribution in [0.15, 0.2) is 23.1 Å². The monoisotopic (exact) mass is 347 g/mol. The van der Waals surface area contributed by atoms with Crippen LogP contribution < -0.4 is 5.73 Å². The Morgan fingerprint density at radius 2 is 2.09 bits per heavy atom. The van der Waals surface area contributed by atoms with Crippen LogP contribution in [-0.2, 0) is 36.1 Å². The molecule has 0 aliphatic rings. The lowest BCUT2D eigenvalue weighted by atomic mass is 10.2. The van der Waals surface area contributed by atoms with E-state index in [1.165, 1.54) is 25.1 Å². The van der Waals surface area contributed by atoms with Crippen LogP contribution >= 0.6 is 0 Å². The number of nitrogen functional groups attached to an aromatic ring is 1. The molecule has 7 nitrogen and oxygen atoms in total. The summed E-state index contributed by atoms with van der Waals surface area (Å²) in [5.74, 6) is -1.04. The molecule has 0 aromatic heterocycles. The third kappa shape index (κ3) is 3.66. The van der Waals surface area contributed by atoms with Crippen molar-refractivity contribution in [1.82, 2.24) is 0 Å². The van der Waals surface area contributed by atoms with Crippen LogP contribution in [0.25, 0.3) is 0 Å². The molecule has 0 bridgehead atoms. The average Bonchev–Trinajstić information content (AvgIpc) is 2.50. The van der Waals surface area contributed by atoms with Gasteiger partial charge in [-0.1, -0.05) is 0 Å². The standard InChI is InChI=1S/C13H17NO6S2/c1-4-19-13(20-21)8(2)22(16,17)11-6-5-9(14)7-10(11)12(15)18-3/h5-8H,4,14H2,1-3H3.